The summed E-state index contributed by atoms with van der Waals surface area (Å²) in [7, 11) is -4.73. The molecule has 1 nitrogen and oxygen atoms in total. The molecule has 0 unspecified atom stereocenters. The second-order valence-electron chi connectivity index (χ2n) is 12.5. The first-order valence-electron chi connectivity index (χ1n) is 14.4. The molecule has 0 aromatic heterocycles. The number of benzene rings is 5. The van der Waals surface area contributed by atoms with E-state index in [0.29, 0.717) is 0 Å². The lowest BCUT2D eigenvalue weighted by molar-refractivity contribution is 0.564. The zero-order valence-corrected chi connectivity index (χ0v) is 27.2. The van der Waals surface area contributed by atoms with E-state index in [0.717, 1.165) is 10.6 Å². The SMILES string of the molecule is CC(C)(C)P(=O)(c1ccccc1)c1ccccc1.CC(C)(C)[Si](c1ccccc1)(c1ccccc1)c1ccccc1. The van der Waals surface area contributed by atoms with Gasteiger partial charge in [-0.3, -0.25) is 0 Å². The topological polar surface area (TPSA) is 17.1 Å². The Morgan fingerprint density at radius 1 is 0.415 bits per heavy atom. The summed E-state index contributed by atoms with van der Waals surface area (Å²) >= 11 is 0. The first-order valence-corrected chi connectivity index (χ1v) is 18.1. The summed E-state index contributed by atoms with van der Waals surface area (Å²) in [6, 6.07) is 52.9. The molecule has 5 aromatic carbocycles. The Labute approximate surface area is 248 Å². The second kappa shape index (κ2) is 12.6. The maximum atomic E-state index is 13.6. The third-order valence-electron chi connectivity index (χ3n) is 7.93. The quantitative estimate of drug-likeness (QED) is 0.119. The molecule has 0 aliphatic carbocycles. The molecule has 0 atom stereocenters. The van der Waals surface area contributed by atoms with Crippen LogP contribution in [0.5, 0.6) is 0 Å². The third-order valence-corrected chi connectivity index (χ3v) is 17.7. The van der Waals surface area contributed by atoms with Crippen LogP contribution in [0.1, 0.15) is 41.5 Å². The molecule has 0 bridgehead atoms. The first kappa shape index (κ1) is 30.5. The van der Waals surface area contributed by atoms with Crippen molar-refractivity contribution in [2.75, 3.05) is 0 Å². The molecule has 0 aliphatic heterocycles. The molecule has 0 radical (unpaired) electrons. The molecule has 0 amide bonds. The van der Waals surface area contributed by atoms with Gasteiger partial charge in [-0.15, -0.1) is 0 Å². The van der Waals surface area contributed by atoms with Crippen molar-refractivity contribution in [3.63, 3.8) is 0 Å². The van der Waals surface area contributed by atoms with Crippen LogP contribution in [-0.4, -0.2) is 13.2 Å². The van der Waals surface area contributed by atoms with Gasteiger partial charge in [-0.25, -0.2) is 0 Å². The fraction of sp³-hybridized carbons (Fsp3) is 0.211. The lowest BCUT2D eigenvalue weighted by atomic mass is 10.2. The molecular weight excluding hydrogens is 531 g/mol. The molecule has 210 valence electrons. The van der Waals surface area contributed by atoms with E-state index in [1.54, 1.807) is 0 Å². The Hall–Kier alpha value is -3.45. The normalized spacial score (nSPS) is 12.2. The fourth-order valence-electron chi connectivity index (χ4n) is 6.06. The van der Waals surface area contributed by atoms with Crippen LogP contribution in [0.2, 0.25) is 5.04 Å². The van der Waals surface area contributed by atoms with Gasteiger partial charge in [0.05, 0.1) is 0 Å². The highest BCUT2D eigenvalue weighted by Crippen LogP contribution is 2.55. The maximum Gasteiger partial charge on any atom is 0.153 e. The van der Waals surface area contributed by atoms with Crippen molar-refractivity contribution in [2.24, 2.45) is 0 Å². The zero-order valence-electron chi connectivity index (χ0n) is 25.3. The Bertz CT molecular complexity index is 1400. The molecule has 0 heterocycles. The van der Waals surface area contributed by atoms with E-state index < -0.39 is 15.2 Å². The third kappa shape index (κ3) is 6.10. The molecule has 5 rings (SSSR count). The van der Waals surface area contributed by atoms with Crippen molar-refractivity contribution in [3.8, 4) is 0 Å². The molecule has 3 heteroatoms. The summed E-state index contributed by atoms with van der Waals surface area (Å²) in [5.41, 5.74) is 0. The van der Waals surface area contributed by atoms with Gasteiger partial charge in [0.1, 0.15) is 7.14 Å². The van der Waals surface area contributed by atoms with Gasteiger partial charge < -0.3 is 4.57 Å². The minimum atomic E-state index is -2.61. The summed E-state index contributed by atoms with van der Waals surface area (Å²) in [5, 5.41) is 6.18. The van der Waals surface area contributed by atoms with Gasteiger partial charge in [0, 0.05) is 15.8 Å². The van der Waals surface area contributed by atoms with Crippen molar-refractivity contribution >= 4 is 41.4 Å². The molecule has 0 saturated heterocycles. The Morgan fingerprint density at radius 2 is 0.659 bits per heavy atom. The van der Waals surface area contributed by atoms with E-state index in [9.17, 15) is 4.57 Å². The summed E-state index contributed by atoms with van der Waals surface area (Å²) < 4.78 is 13.6. The van der Waals surface area contributed by atoms with Crippen molar-refractivity contribution in [2.45, 2.75) is 51.7 Å². The number of hydrogen-bond acceptors (Lipinski definition) is 1. The van der Waals surface area contributed by atoms with E-state index in [-0.39, 0.29) is 10.2 Å². The fourth-order valence-corrected chi connectivity index (χ4v) is 14.8. The minimum Gasteiger partial charge on any atom is -0.313 e. The van der Waals surface area contributed by atoms with Crippen LogP contribution in [-0.2, 0) is 4.57 Å². The molecule has 0 saturated carbocycles. The van der Waals surface area contributed by atoms with Crippen molar-refractivity contribution < 1.29 is 4.57 Å². The predicted molar refractivity (Wildman–Crippen MR) is 183 cm³/mol. The predicted octanol–water partition coefficient (Wildman–Crippen LogP) is 7.76. The molecule has 0 N–H and O–H groups in total. The van der Waals surface area contributed by atoms with E-state index in [1.165, 1.54) is 15.6 Å². The van der Waals surface area contributed by atoms with Crippen LogP contribution in [0.4, 0.5) is 0 Å². The van der Waals surface area contributed by atoms with Gasteiger partial charge in [0.25, 0.3) is 0 Å². The Morgan fingerprint density at radius 3 is 0.878 bits per heavy atom. The van der Waals surface area contributed by atoms with Gasteiger partial charge in [-0.1, -0.05) is 193 Å². The highest BCUT2D eigenvalue weighted by molar-refractivity contribution is 7.80. The van der Waals surface area contributed by atoms with Gasteiger partial charge in [-0.2, -0.15) is 0 Å². The van der Waals surface area contributed by atoms with Crippen LogP contribution in [0, 0.1) is 0 Å². The van der Waals surface area contributed by atoms with Gasteiger partial charge in [0.15, 0.2) is 8.07 Å². The van der Waals surface area contributed by atoms with Crippen LogP contribution in [0.15, 0.2) is 152 Å². The average Bonchev–Trinajstić information content (AvgIpc) is 2.99. The van der Waals surface area contributed by atoms with Crippen molar-refractivity contribution in [3.05, 3.63) is 152 Å². The Kier molecular flexibility index (Phi) is 9.37. The summed E-state index contributed by atoms with van der Waals surface area (Å²) in [6.45, 7) is 13.3. The van der Waals surface area contributed by atoms with Gasteiger partial charge >= 0.3 is 0 Å². The molecule has 0 spiro atoms. The van der Waals surface area contributed by atoms with E-state index >= 15 is 0 Å². The molecule has 0 aliphatic rings. The maximum absolute atomic E-state index is 13.6. The standard InChI is InChI=1S/C22H24Si.C16H19OP/c1-22(2,3)23(19-13-7-4-8-14-19,20-15-9-5-10-16-20)21-17-11-6-12-18-21;1-16(2,3)18(17,14-10-6-4-7-11-14)15-12-8-5-9-13-15/h4-18H,1-3H3;4-13H,1-3H3. The lowest BCUT2D eigenvalue weighted by Gasteiger charge is -2.44. The van der Waals surface area contributed by atoms with Crippen LogP contribution < -0.4 is 26.2 Å². The van der Waals surface area contributed by atoms with Crippen LogP contribution >= 0.6 is 7.14 Å². The monoisotopic (exact) mass is 574 g/mol. The van der Waals surface area contributed by atoms with Crippen LogP contribution in [0.25, 0.3) is 0 Å². The first-order chi connectivity index (χ1) is 19.5. The molecule has 0 fully saturated rings. The summed E-state index contributed by atoms with van der Waals surface area (Å²) in [5.74, 6) is 0. The summed E-state index contributed by atoms with van der Waals surface area (Å²) in [6.07, 6.45) is 0. The van der Waals surface area contributed by atoms with Crippen LogP contribution in [0.3, 0.4) is 0 Å². The average molecular weight is 575 g/mol. The van der Waals surface area contributed by atoms with Gasteiger partial charge in [0.2, 0.25) is 0 Å². The highest BCUT2D eigenvalue weighted by atomic mass is 31.2. The Balaban J connectivity index is 0.000000195. The molecule has 5 aromatic rings. The van der Waals surface area contributed by atoms with Crippen molar-refractivity contribution in [1.82, 2.24) is 0 Å². The highest BCUT2D eigenvalue weighted by Gasteiger charge is 2.48. The van der Waals surface area contributed by atoms with E-state index in [4.69, 9.17) is 0 Å². The molecule has 41 heavy (non-hydrogen) atoms. The van der Waals surface area contributed by atoms with Crippen molar-refractivity contribution in [1.29, 1.82) is 0 Å². The molecular formula is C38H43OPSi. The van der Waals surface area contributed by atoms with E-state index in [1.807, 2.05) is 81.4 Å². The smallest absolute Gasteiger partial charge is 0.153 e. The number of hydrogen-bond donors (Lipinski definition) is 0. The largest absolute Gasteiger partial charge is 0.313 e. The van der Waals surface area contributed by atoms with E-state index in [2.05, 4.69) is 112 Å². The van der Waals surface area contributed by atoms with Gasteiger partial charge in [-0.05, 0) is 20.6 Å². The minimum absolute atomic E-state index is 0.164. The summed E-state index contributed by atoms with van der Waals surface area (Å²) in [4.78, 5) is 0. The second-order valence-corrected chi connectivity index (χ2v) is 20.9. The zero-order chi connectivity index (χ0) is 29.6. The lowest BCUT2D eigenvalue weighted by Crippen LogP contribution is -2.72. The number of rotatable bonds is 5.